The highest BCUT2D eigenvalue weighted by Crippen LogP contribution is 2.25. The Morgan fingerprint density at radius 3 is 3.05 bits per heavy atom. The molecule has 1 aromatic rings. The number of rotatable bonds is 1. The summed E-state index contributed by atoms with van der Waals surface area (Å²) in [6, 6.07) is 6.00. The fraction of sp³-hybridized carbons (Fsp3) is 0.571. The van der Waals surface area contributed by atoms with Crippen molar-refractivity contribution in [2.45, 2.75) is 31.8 Å². The van der Waals surface area contributed by atoms with Gasteiger partial charge in [0.25, 0.3) is 5.91 Å². The Morgan fingerprint density at radius 2 is 2.26 bits per heavy atom. The molecule has 3 heterocycles. The summed E-state index contributed by atoms with van der Waals surface area (Å²) in [4.78, 5) is 21.1. The maximum absolute atomic E-state index is 12.5. The van der Waals surface area contributed by atoms with E-state index >= 15 is 0 Å². The van der Waals surface area contributed by atoms with Gasteiger partial charge in [-0.1, -0.05) is 6.07 Å². The second-order valence-corrected chi connectivity index (χ2v) is 5.55. The molecule has 0 saturated carbocycles. The van der Waals surface area contributed by atoms with E-state index in [4.69, 9.17) is 5.73 Å². The fourth-order valence-corrected chi connectivity index (χ4v) is 3.19. The quantitative estimate of drug-likeness (QED) is 0.817. The Kier molecular flexibility index (Phi) is 3.14. The van der Waals surface area contributed by atoms with Gasteiger partial charge in [-0.2, -0.15) is 0 Å². The summed E-state index contributed by atoms with van der Waals surface area (Å²) in [5.41, 5.74) is 6.11. The van der Waals surface area contributed by atoms with Gasteiger partial charge in [0, 0.05) is 25.2 Å². The van der Waals surface area contributed by atoms with Crippen LogP contribution in [-0.2, 0) is 0 Å². The molecule has 0 spiro atoms. The smallest absolute Gasteiger partial charge is 0.272 e. The van der Waals surface area contributed by atoms with E-state index in [-0.39, 0.29) is 11.9 Å². The second-order valence-electron chi connectivity index (χ2n) is 5.55. The third-order valence-corrected chi connectivity index (χ3v) is 4.19. The minimum atomic E-state index is 0.00588. The summed E-state index contributed by atoms with van der Waals surface area (Å²) in [5, 5.41) is 0. The first-order valence-corrected chi connectivity index (χ1v) is 6.92. The van der Waals surface area contributed by atoms with Crippen LogP contribution in [0.1, 0.15) is 30.3 Å². The van der Waals surface area contributed by atoms with Gasteiger partial charge in [0.2, 0.25) is 0 Å². The number of carbonyl (C=O) groups excluding carboxylic acids is 1. The van der Waals surface area contributed by atoms with Crippen LogP contribution in [0.5, 0.6) is 0 Å². The Hall–Kier alpha value is -1.62. The van der Waals surface area contributed by atoms with Gasteiger partial charge in [0.1, 0.15) is 11.5 Å². The molecule has 1 amide bonds. The number of carbonyl (C=O) groups is 1. The summed E-state index contributed by atoms with van der Waals surface area (Å²) in [7, 11) is 0. The van der Waals surface area contributed by atoms with Gasteiger partial charge in [-0.05, 0) is 38.4 Å². The molecule has 5 heteroatoms. The van der Waals surface area contributed by atoms with E-state index in [1.807, 2.05) is 4.90 Å². The molecular weight excluding hydrogens is 240 g/mol. The van der Waals surface area contributed by atoms with Crippen LogP contribution in [-0.4, -0.2) is 52.4 Å². The van der Waals surface area contributed by atoms with Gasteiger partial charge in [-0.15, -0.1) is 0 Å². The number of anilines is 1. The number of amides is 1. The number of nitrogens with two attached hydrogens (primary N) is 1. The lowest BCUT2D eigenvalue weighted by atomic mass is 10.1. The first kappa shape index (κ1) is 12.4. The van der Waals surface area contributed by atoms with Crippen LogP contribution in [0.3, 0.4) is 0 Å². The average Bonchev–Trinajstić information content (AvgIpc) is 2.84. The maximum atomic E-state index is 12.5. The van der Waals surface area contributed by atoms with E-state index in [1.165, 1.54) is 19.4 Å². The van der Waals surface area contributed by atoms with Crippen molar-refractivity contribution in [3.05, 3.63) is 23.9 Å². The van der Waals surface area contributed by atoms with Crippen LogP contribution in [0.15, 0.2) is 18.2 Å². The standard InChI is InChI=1S/C14H20N4O/c1-10-8-17-7-3-4-11(17)9-18(10)14(19)12-5-2-6-13(15)16-12/h2,5-6,10-11H,3-4,7-9H2,1H3,(H2,15,16)/t10-,11+/m0/s1. The van der Waals surface area contributed by atoms with Gasteiger partial charge in [0.15, 0.2) is 0 Å². The molecule has 102 valence electrons. The normalized spacial score (nSPS) is 27.3. The summed E-state index contributed by atoms with van der Waals surface area (Å²) in [6.07, 6.45) is 2.44. The van der Waals surface area contributed by atoms with Crippen molar-refractivity contribution in [1.82, 2.24) is 14.8 Å². The van der Waals surface area contributed by atoms with E-state index in [0.717, 1.165) is 13.1 Å². The van der Waals surface area contributed by atoms with Crippen LogP contribution in [0.4, 0.5) is 5.82 Å². The lowest BCUT2D eigenvalue weighted by Crippen LogP contribution is -2.56. The van der Waals surface area contributed by atoms with E-state index in [2.05, 4.69) is 16.8 Å². The van der Waals surface area contributed by atoms with Crippen molar-refractivity contribution in [2.24, 2.45) is 0 Å². The molecule has 0 aliphatic carbocycles. The molecule has 2 saturated heterocycles. The van der Waals surface area contributed by atoms with Crippen molar-refractivity contribution in [1.29, 1.82) is 0 Å². The number of nitrogens with zero attached hydrogens (tertiary/aromatic N) is 3. The number of piperazine rings is 1. The molecule has 0 bridgehead atoms. The van der Waals surface area contributed by atoms with Crippen LogP contribution in [0.25, 0.3) is 0 Å². The first-order chi connectivity index (χ1) is 9.15. The zero-order valence-electron chi connectivity index (χ0n) is 11.2. The molecule has 0 unspecified atom stereocenters. The summed E-state index contributed by atoms with van der Waals surface area (Å²) >= 11 is 0. The molecule has 0 aromatic carbocycles. The van der Waals surface area contributed by atoms with Crippen molar-refractivity contribution >= 4 is 11.7 Å². The molecule has 1 aromatic heterocycles. The van der Waals surface area contributed by atoms with Gasteiger partial charge < -0.3 is 10.6 Å². The van der Waals surface area contributed by atoms with Gasteiger partial charge in [-0.3, -0.25) is 9.69 Å². The summed E-state index contributed by atoms with van der Waals surface area (Å²) in [5.74, 6) is 0.407. The number of hydrogen-bond acceptors (Lipinski definition) is 4. The SMILES string of the molecule is C[C@H]1CN2CCC[C@@H]2CN1C(=O)c1cccc(N)n1. The van der Waals surface area contributed by atoms with Gasteiger partial charge >= 0.3 is 0 Å². The van der Waals surface area contributed by atoms with E-state index in [0.29, 0.717) is 17.6 Å². The van der Waals surface area contributed by atoms with Crippen LogP contribution >= 0.6 is 0 Å². The Bertz CT molecular complexity index is 490. The van der Waals surface area contributed by atoms with Crippen molar-refractivity contribution in [3.8, 4) is 0 Å². The summed E-state index contributed by atoms with van der Waals surface area (Å²) < 4.78 is 0. The molecule has 5 nitrogen and oxygen atoms in total. The molecular formula is C14H20N4O. The van der Waals surface area contributed by atoms with Crippen LogP contribution < -0.4 is 5.73 Å². The number of hydrogen-bond donors (Lipinski definition) is 1. The zero-order valence-corrected chi connectivity index (χ0v) is 11.2. The lowest BCUT2D eigenvalue weighted by molar-refractivity contribution is 0.0390. The van der Waals surface area contributed by atoms with Gasteiger partial charge in [0.05, 0.1) is 0 Å². The number of pyridine rings is 1. The summed E-state index contributed by atoms with van der Waals surface area (Å²) in [6.45, 7) is 5.07. The Morgan fingerprint density at radius 1 is 1.42 bits per heavy atom. The zero-order chi connectivity index (χ0) is 13.4. The molecule has 2 N–H and O–H groups in total. The highest BCUT2D eigenvalue weighted by molar-refractivity contribution is 5.93. The Balaban J connectivity index is 1.79. The number of fused-ring (bicyclic) bond motifs is 1. The predicted octanol–water partition coefficient (Wildman–Crippen LogP) is 0.972. The van der Waals surface area contributed by atoms with E-state index in [1.54, 1.807) is 18.2 Å². The molecule has 19 heavy (non-hydrogen) atoms. The first-order valence-electron chi connectivity index (χ1n) is 6.92. The van der Waals surface area contributed by atoms with Crippen LogP contribution in [0, 0.1) is 0 Å². The minimum Gasteiger partial charge on any atom is -0.384 e. The highest BCUT2D eigenvalue weighted by Gasteiger charge is 2.36. The van der Waals surface area contributed by atoms with E-state index < -0.39 is 0 Å². The monoisotopic (exact) mass is 260 g/mol. The van der Waals surface area contributed by atoms with Crippen molar-refractivity contribution in [2.75, 3.05) is 25.4 Å². The van der Waals surface area contributed by atoms with Crippen molar-refractivity contribution < 1.29 is 4.79 Å². The second kappa shape index (κ2) is 4.81. The minimum absolute atomic E-state index is 0.00588. The molecule has 3 rings (SSSR count). The third-order valence-electron chi connectivity index (χ3n) is 4.19. The Labute approximate surface area is 113 Å². The fourth-order valence-electron chi connectivity index (χ4n) is 3.19. The molecule has 2 aliphatic heterocycles. The molecule has 2 atom stereocenters. The highest BCUT2D eigenvalue weighted by atomic mass is 16.2. The third kappa shape index (κ3) is 2.30. The molecule has 0 radical (unpaired) electrons. The predicted molar refractivity (Wildman–Crippen MR) is 73.7 cm³/mol. The number of nitrogen functional groups attached to an aromatic ring is 1. The van der Waals surface area contributed by atoms with Crippen LogP contribution in [0.2, 0.25) is 0 Å². The van der Waals surface area contributed by atoms with E-state index in [9.17, 15) is 4.79 Å². The topological polar surface area (TPSA) is 62.5 Å². The largest absolute Gasteiger partial charge is 0.384 e. The van der Waals surface area contributed by atoms with Gasteiger partial charge in [-0.25, -0.2) is 4.98 Å². The lowest BCUT2D eigenvalue weighted by Gasteiger charge is -2.42. The molecule has 2 aliphatic rings. The molecule has 2 fully saturated rings. The maximum Gasteiger partial charge on any atom is 0.272 e. The van der Waals surface area contributed by atoms with Crippen molar-refractivity contribution in [3.63, 3.8) is 0 Å². The number of aromatic nitrogens is 1. The average molecular weight is 260 g/mol.